The largest absolute Gasteiger partial charge is 0.507 e. The highest BCUT2D eigenvalue weighted by Gasteiger charge is 2.31. The van der Waals surface area contributed by atoms with Crippen molar-refractivity contribution < 1.29 is 29.2 Å². The van der Waals surface area contributed by atoms with Gasteiger partial charge in [-0.05, 0) is 50.2 Å². The van der Waals surface area contributed by atoms with Gasteiger partial charge in [-0.3, -0.25) is 0 Å². The number of hydrogen-bond donors (Lipinski definition) is 2. The summed E-state index contributed by atoms with van der Waals surface area (Å²) < 4.78 is 17.0. The number of carbonyl (C=O) groups excluding carboxylic acids is 1. The summed E-state index contributed by atoms with van der Waals surface area (Å²) in [6.07, 6.45) is 3.76. The molecule has 0 spiro atoms. The Hall–Kier alpha value is -1.63. The number of cyclic esters (lactones) is 1. The second-order valence-electron chi connectivity index (χ2n) is 7.24. The highest BCUT2D eigenvalue weighted by Crippen LogP contribution is 2.30. The zero-order valence-corrected chi connectivity index (χ0v) is 15.2. The van der Waals surface area contributed by atoms with Crippen LogP contribution in [0.3, 0.4) is 0 Å². The predicted octanol–water partition coefficient (Wildman–Crippen LogP) is 2.59. The lowest BCUT2D eigenvalue weighted by Gasteiger charge is -2.34. The number of aliphatic hydroxyl groups is 1. The van der Waals surface area contributed by atoms with Crippen LogP contribution in [0, 0.1) is 0 Å². The Morgan fingerprint density at radius 1 is 1.19 bits per heavy atom. The van der Waals surface area contributed by atoms with E-state index < -0.39 is 5.97 Å². The number of rotatable bonds is 3. The van der Waals surface area contributed by atoms with E-state index in [-0.39, 0.29) is 35.7 Å². The molecule has 2 heterocycles. The van der Waals surface area contributed by atoms with Gasteiger partial charge in [0, 0.05) is 20.1 Å². The first-order valence-electron chi connectivity index (χ1n) is 9.41. The lowest BCUT2D eigenvalue weighted by atomic mass is 9.92. The van der Waals surface area contributed by atoms with E-state index in [4.69, 9.17) is 14.2 Å². The molecule has 1 aromatic rings. The van der Waals surface area contributed by atoms with Crippen LogP contribution in [0.15, 0.2) is 18.2 Å². The van der Waals surface area contributed by atoms with Gasteiger partial charge in [-0.25, -0.2) is 4.79 Å². The van der Waals surface area contributed by atoms with Crippen molar-refractivity contribution in [2.24, 2.45) is 0 Å². The lowest BCUT2D eigenvalue weighted by molar-refractivity contribution is -0.104. The molecule has 2 N–H and O–H groups in total. The van der Waals surface area contributed by atoms with E-state index in [9.17, 15) is 15.0 Å². The zero-order valence-electron chi connectivity index (χ0n) is 15.2. The van der Waals surface area contributed by atoms with E-state index in [1.54, 1.807) is 13.2 Å². The van der Waals surface area contributed by atoms with Crippen LogP contribution in [-0.4, -0.2) is 54.3 Å². The minimum Gasteiger partial charge on any atom is -0.507 e. The molecule has 2 aliphatic heterocycles. The fraction of sp³-hybridized carbons (Fsp3) is 0.650. The minimum absolute atomic E-state index is 0.0180. The molecule has 6 heteroatoms. The summed E-state index contributed by atoms with van der Waals surface area (Å²) in [6, 6.07) is 5.07. The third kappa shape index (κ3) is 4.75. The van der Waals surface area contributed by atoms with Gasteiger partial charge in [0.25, 0.3) is 0 Å². The average molecular weight is 364 g/mol. The number of aryl methyl sites for hydroxylation is 1. The second kappa shape index (κ2) is 8.84. The molecule has 26 heavy (non-hydrogen) atoms. The molecule has 0 aliphatic carbocycles. The van der Waals surface area contributed by atoms with Gasteiger partial charge in [0.15, 0.2) is 0 Å². The SMILES string of the molecule is COCCC1CC[C@H]2CC(O)CC(CCc3cccc(O)c3C(=O)O1)O2. The summed E-state index contributed by atoms with van der Waals surface area (Å²) in [5.74, 6) is -0.539. The number of methoxy groups -OCH3 is 1. The van der Waals surface area contributed by atoms with Crippen molar-refractivity contribution >= 4 is 5.97 Å². The molecule has 3 unspecified atom stereocenters. The number of esters is 1. The van der Waals surface area contributed by atoms with Crippen molar-refractivity contribution in [3.05, 3.63) is 29.3 Å². The molecule has 6 nitrogen and oxygen atoms in total. The van der Waals surface area contributed by atoms with Gasteiger partial charge in [0.05, 0.1) is 18.3 Å². The Kier molecular flexibility index (Phi) is 6.51. The first kappa shape index (κ1) is 19.1. The molecule has 144 valence electrons. The molecule has 2 bridgehead atoms. The van der Waals surface area contributed by atoms with Crippen molar-refractivity contribution in [3.63, 3.8) is 0 Å². The number of aromatic hydroxyl groups is 1. The van der Waals surface area contributed by atoms with Crippen molar-refractivity contribution in [3.8, 4) is 5.75 Å². The highest BCUT2D eigenvalue weighted by molar-refractivity contribution is 5.94. The quantitative estimate of drug-likeness (QED) is 0.802. The van der Waals surface area contributed by atoms with Crippen LogP contribution in [0.1, 0.15) is 54.4 Å². The van der Waals surface area contributed by atoms with Crippen molar-refractivity contribution in [2.75, 3.05) is 13.7 Å². The predicted molar refractivity (Wildman–Crippen MR) is 95.3 cm³/mol. The smallest absolute Gasteiger partial charge is 0.342 e. The minimum atomic E-state index is -0.481. The Balaban J connectivity index is 1.86. The fourth-order valence-electron chi connectivity index (χ4n) is 3.90. The maximum atomic E-state index is 12.7. The van der Waals surface area contributed by atoms with Crippen LogP contribution in [0.4, 0.5) is 0 Å². The van der Waals surface area contributed by atoms with Crippen LogP contribution < -0.4 is 0 Å². The summed E-state index contributed by atoms with van der Waals surface area (Å²) in [4.78, 5) is 12.7. The van der Waals surface area contributed by atoms with Gasteiger partial charge in [-0.2, -0.15) is 0 Å². The third-order valence-electron chi connectivity index (χ3n) is 5.25. The Labute approximate surface area is 154 Å². The van der Waals surface area contributed by atoms with Crippen LogP contribution in [-0.2, 0) is 20.6 Å². The molecular weight excluding hydrogens is 336 g/mol. The van der Waals surface area contributed by atoms with E-state index in [0.29, 0.717) is 45.1 Å². The molecule has 0 amide bonds. The summed E-state index contributed by atoms with van der Waals surface area (Å²) in [7, 11) is 1.61. The number of aliphatic hydroxyl groups excluding tert-OH is 1. The van der Waals surface area contributed by atoms with E-state index in [2.05, 4.69) is 0 Å². The number of carbonyl (C=O) groups is 1. The van der Waals surface area contributed by atoms with E-state index in [0.717, 1.165) is 12.0 Å². The summed E-state index contributed by atoms with van der Waals surface area (Å²) in [5.41, 5.74) is 0.990. The highest BCUT2D eigenvalue weighted by atomic mass is 16.5. The fourth-order valence-corrected chi connectivity index (χ4v) is 3.90. The molecule has 1 fully saturated rings. The monoisotopic (exact) mass is 364 g/mol. The summed E-state index contributed by atoms with van der Waals surface area (Å²) in [5, 5.41) is 20.4. The molecular formula is C20H28O6. The first-order chi connectivity index (χ1) is 12.6. The van der Waals surface area contributed by atoms with E-state index >= 15 is 0 Å². The molecule has 2 aliphatic rings. The lowest BCUT2D eigenvalue weighted by Crippen LogP contribution is -2.37. The van der Waals surface area contributed by atoms with Crippen LogP contribution >= 0.6 is 0 Å². The Morgan fingerprint density at radius 3 is 2.73 bits per heavy atom. The Morgan fingerprint density at radius 2 is 1.96 bits per heavy atom. The van der Waals surface area contributed by atoms with Gasteiger partial charge in [0.1, 0.15) is 17.4 Å². The number of phenolic OH excluding ortho intramolecular Hbond substituents is 1. The van der Waals surface area contributed by atoms with Crippen LogP contribution in [0.2, 0.25) is 0 Å². The standard InChI is InChI=1S/C20H28O6/c1-24-10-9-15-7-8-17-12-14(21)11-16(25-17)6-5-13-3-2-4-18(22)19(13)20(23)26-15/h2-4,14-17,21-22H,5-12H2,1H3/t14?,15?,16?,17-/m0/s1. The van der Waals surface area contributed by atoms with E-state index in [1.807, 2.05) is 6.07 Å². The molecule has 1 aromatic carbocycles. The molecule has 0 radical (unpaired) electrons. The van der Waals surface area contributed by atoms with Gasteiger partial charge in [-0.15, -0.1) is 0 Å². The maximum Gasteiger partial charge on any atom is 0.342 e. The summed E-state index contributed by atoms with van der Waals surface area (Å²) >= 11 is 0. The molecule has 0 saturated carbocycles. The first-order valence-corrected chi connectivity index (χ1v) is 9.41. The topological polar surface area (TPSA) is 85.2 Å². The maximum absolute atomic E-state index is 12.7. The number of benzene rings is 1. The number of hydrogen-bond acceptors (Lipinski definition) is 6. The van der Waals surface area contributed by atoms with Crippen LogP contribution in [0.25, 0.3) is 0 Å². The van der Waals surface area contributed by atoms with Crippen LogP contribution in [0.5, 0.6) is 5.75 Å². The number of fused-ring (bicyclic) bond motifs is 3. The summed E-state index contributed by atoms with van der Waals surface area (Å²) in [6.45, 7) is 0.488. The van der Waals surface area contributed by atoms with E-state index in [1.165, 1.54) is 6.07 Å². The van der Waals surface area contributed by atoms with Crippen molar-refractivity contribution in [1.29, 1.82) is 0 Å². The molecule has 3 rings (SSSR count). The van der Waals surface area contributed by atoms with Crippen molar-refractivity contribution in [1.82, 2.24) is 0 Å². The Bertz CT molecular complexity index is 616. The molecule has 0 aromatic heterocycles. The van der Waals surface area contributed by atoms with Crippen molar-refractivity contribution in [2.45, 2.75) is 69.4 Å². The zero-order chi connectivity index (χ0) is 18.5. The number of phenols is 1. The third-order valence-corrected chi connectivity index (χ3v) is 5.25. The van der Waals surface area contributed by atoms with Gasteiger partial charge in [0.2, 0.25) is 0 Å². The second-order valence-corrected chi connectivity index (χ2v) is 7.24. The molecule has 1 saturated heterocycles. The van der Waals surface area contributed by atoms with Gasteiger partial charge in [-0.1, -0.05) is 12.1 Å². The van der Waals surface area contributed by atoms with Gasteiger partial charge < -0.3 is 24.4 Å². The normalized spacial score (nSPS) is 29.8. The average Bonchev–Trinajstić information content (AvgIpc) is 2.61. The van der Waals surface area contributed by atoms with Gasteiger partial charge >= 0.3 is 5.97 Å². The molecule has 4 atom stereocenters. The number of ether oxygens (including phenoxy) is 3.